The van der Waals surface area contributed by atoms with Crippen LogP contribution in [0.5, 0.6) is 0 Å². The number of nitrogens with zero attached hydrogens (tertiary/aromatic N) is 4. The van der Waals surface area contributed by atoms with Crippen molar-refractivity contribution in [2.45, 2.75) is 26.8 Å². The van der Waals surface area contributed by atoms with E-state index in [4.69, 9.17) is 9.93 Å². The van der Waals surface area contributed by atoms with Crippen LogP contribution in [0, 0.1) is 10.8 Å². The normalized spacial score (nSPS) is 21.1. The van der Waals surface area contributed by atoms with Crippen molar-refractivity contribution in [2.75, 3.05) is 30.9 Å². The van der Waals surface area contributed by atoms with Gasteiger partial charge in [0, 0.05) is 25.0 Å². The molecule has 1 unspecified atom stereocenters. The molecule has 10 heteroatoms. The molecule has 1 aliphatic heterocycles. The summed E-state index contributed by atoms with van der Waals surface area (Å²) in [4.78, 5) is 14.0. The van der Waals surface area contributed by atoms with Gasteiger partial charge in [0.15, 0.2) is 0 Å². The van der Waals surface area contributed by atoms with Gasteiger partial charge in [-0.25, -0.2) is 12.7 Å². The Bertz CT molecular complexity index is 714. The number of rotatable bonds is 3. The molecule has 2 rings (SSSR count). The Morgan fingerprint density at radius 2 is 2.09 bits per heavy atom. The fraction of sp³-hybridized carbons (Fsp3) is 0.750. The van der Waals surface area contributed by atoms with Crippen LogP contribution >= 0.6 is 0 Å². The first-order valence-corrected chi connectivity index (χ1v) is 8.71. The first kappa shape index (κ1) is 16.7. The minimum absolute atomic E-state index is 0.0577. The van der Waals surface area contributed by atoms with E-state index in [1.54, 1.807) is 25.8 Å². The number of hydrogen-bond donors (Lipinski definition) is 1. The summed E-state index contributed by atoms with van der Waals surface area (Å²) in [7, 11) is -3.37. The molecule has 0 radical (unpaired) electrons. The third-order valence-corrected chi connectivity index (χ3v) is 4.81. The van der Waals surface area contributed by atoms with Crippen LogP contribution in [0.2, 0.25) is 0 Å². The molecule has 1 saturated heterocycles. The molecule has 2 heterocycles. The summed E-state index contributed by atoms with van der Waals surface area (Å²) in [6.45, 7) is 5.96. The van der Waals surface area contributed by atoms with Gasteiger partial charge in [0.2, 0.25) is 10.0 Å². The average Bonchev–Trinajstić information content (AvgIpc) is 2.81. The van der Waals surface area contributed by atoms with Crippen LogP contribution in [0.1, 0.15) is 20.8 Å². The number of Topliss-reactive ketones (excluding diaryl/α,β-unsaturated/α-hetero) is 1. The molecule has 9 nitrogen and oxygen atoms in total. The van der Waals surface area contributed by atoms with Crippen LogP contribution in [0.3, 0.4) is 0 Å². The number of hydrogen-bond acceptors (Lipinski definition) is 6. The quantitative estimate of drug-likeness (QED) is 0.654. The number of carbonyl (C=O) groups excluding carboxylic acids is 1. The van der Waals surface area contributed by atoms with E-state index in [0.717, 1.165) is 6.26 Å². The van der Waals surface area contributed by atoms with E-state index in [1.165, 1.54) is 15.3 Å². The van der Waals surface area contributed by atoms with Crippen molar-refractivity contribution in [2.24, 2.45) is 5.41 Å². The lowest BCUT2D eigenvalue weighted by Gasteiger charge is -2.42. The Hall–Kier alpha value is -1.68. The van der Waals surface area contributed by atoms with Crippen LogP contribution in [-0.2, 0) is 14.8 Å². The van der Waals surface area contributed by atoms with Crippen LogP contribution in [0.15, 0.2) is 10.7 Å². The third kappa shape index (κ3) is 3.38. The predicted octanol–water partition coefficient (Wildman–Crippen LogP) is -1.80. The van der Waals surface area contributed by atoms with E-state index in [0.29, 0.717) is 0 Å². The first-order chi connectivity index (χ1) is 10.00. The Morgan fingerprint density at radius 1 is 1.45 bits per heavy atom. The van der Waals surface area contributed by atoms with Crippen LogP contribution < -0.4 is 20.6 Å². The molecule has 0 bridgehead atoms. The molecule has 0 spiro atoms. The molecule has 0 aromatic carbocycles. The summed E-state index contributed by atoms with van der Waals surface area (Å²) in [6.07, 6.45) is 2.48. The third-order valence-electron chi connectivity index (χ3n) is 3.54. The molecule has 0 saturated carbocycles. The van der Waals surface area contributed by atoms with Crippen molar-refractivity contribution >= 4 is 15.8 Å². The number of piperazine rings is 1. The summed E-state index contributed by atoms with van der Waals surface area (Å²) in [5, 5.41) is 12.7. The highest BCUT2D eigenvalue weighted by Gasteiger charge is 2.39. The number of carbonyl (C=O) groups is 1. The van der Waals surface area contributed by atoms with Crippen LogP contribution in [0.25, 0.3) is 0 Å². The number of sulfonamides is 1. The molecular formula is C12H21N5O4S. The number of nitrogens with one attached hydrogen (secondary N) is 1. The second-order valence-electron chi connectivity index (χ2n) is 6.40. The maximum absolute atomic E-state index is 12.7. The fourth-order valence-corrected chi connectivity index (χ4v) is 3.20. The second-order valence-corrected chi connectivity index (χ2v) is 8.38. The van der Waals surface area contributed by atoms with Gasteiger partial charge in [0.1, 0.15) is 5.78 Å². The van der Waals surface area contributed by atoms with E-state index in [2.05, 4.69) is 5.27 Å². The summed E-state index contributed by atoms with van der Waals surface area (Å²) < 4.78 is 29.6. The van der Waals surface area contributed by atoms with Gasteiger partial charge < -0.3 is 4.52 Å². The maximum Gasteiger partial charge on any atom is 0.286 e. The van der Waals surface area contributed by atoms with Crippen molar-refractivity contribution in [1.82, 2.24) is 9.58 Å². The molecule has 1 aromatic rings. The van der Waals surface area contributed by atoms with Gasteiger partial charge in [0.05, 0.1) is 12.3 Å². The topological polar surface area (TPSA) is 113 Å². The van der Waals surface area contributed by atoms with Crippen molar-refractivity contribution in [3.05, 3.63) is 11.8 Å². The molecule has 1 N–H and O–H groups in total. The molecular weight excluding hydrogens is 310 g/mol. The smallest absolute Gasteiger partial charge is 0.286 e. The van der Waals surface area contributed by atoms with E-state index in [1.807, 2.05) is 0 Å². The summed E-state index contributed by atoms with van der Waals surface area (Å²) >= 11 is 0. The van der Waals surface area contributed by atoms with Crippen molar-refractivity contribution < 1.29 is 22.5 Å². The molecule has 1 fully saturated rings. The van der Waals surface area contributed by atoms with Gasteiger partial charge in [-0.2, -0.15) is 0 Å². The lowest BCUT2D eigenvalue weighted by Crippen LogP contribution is -2.73. The minimum atomic E-state index is -3.37. The van der Waals surface area contributed by atoms with Crippen molar-refractivity contribution in [3.63, 3.8) is 0 Å². The molecule has 0 aliphatic carbocycles. The molecule has 0 amide bonds. The van der Waals surface area contributed by atoms with Gasteiger partial charge in [0.25, 0.3) is 11.8 Å². The zero-order valence-electron chi connectivity index (χ0n) is 13.1. The zero-order valence-corrected chi connectivity index (χ0v) is 13.9. The molecule has 1 atom stereocenters. The highest BCUT2D eigenvalue weighted by Crippen LogP contribution is 2.21. The van der Waals surface area contributed by atoms with Crippen molar-refractivity contribution in [1.29, 1.82) is 5.41 Å². The standard InChI is InChI=1S/C12H21N5O4S/c1-12(2,3)11(18)9-7-15(22(4,19)20)5-6-16(9)17-8-10(13)21-14-17/h8-9,13H,5-7H2,1-4H3. The van der Waals surface area contributed by atoms with Gasteiger partial charge in [-0.1, -0.05) is 25.6 Å². The molecule has 124 valence electrons. The van der Waals surface area contributed by atoms with Gasteiger partial charge in [-0.15, -0.1) is 0 Å². The summed E-state index contributed by atoms with van der Waals surface area (Å²) in [5.74, 6) is -0.0946. The largest absolute Gasteiger partial charge is 0.380 e. The predicted molar refractivity (Wildman–Crippen MR) is 75.8 cm³/mol. The lowest BCUT2D eigenvalue weighted by atomic mass is 9.85. The molecule has 22 heavy (non-hydrogen) atoms. The molecule has 1 aliphatic rings. The van der Waals surface area contributed by atoms with Gasteiger partial charge in [-0.05, 0) is 5.27 Å². The highest BCUT2D eigenvalue weighted by molar-refractivity contribution is 7.88. The average molecular weight is 331 g/mol. The first-order valence-electron chi connectivity index (χ1n) is 6.87. The van der Waals surface area contributed by atoms with E-state index < -0.39 is 21.5 Å². The van der Waals surface area contributed by atoms with Crippen LogP contribution in [-0.4, -0.2) is 50.4 Å². The second kappa shape index (κ2) is 5.51. The Morgan fingerprint density at radius 3 is 2.55 bits per heavy atom. The zero-order chi connectivity index (χ0) is 16.7. The van der Waals surface area contributed by atoms with E-state index in [9.17, 15) is 13.2 Å². The SMILES string of the molecule is CC(C)(C)C(=O)C1CN(S(C)(=O)=O)CCN1[n+]1cc(=N)o[n-]1. The fourth-order valence-electron chi connectivity index (χ4n) is 2.37. The highest BCUT2D eigenvalue weighted by atomic mass is 32.2. The maximum atomic E-state index is 12.7. The van der Waals surface area contributed by atoms with Crippen molar-refractivity contribution in [3.8, 4) is 0 Å². The monoisotopic (exact) mass is 331 g/mol. The van der Waals surface area contributed by atoms with Gasteiger partial charge in [-0.3, -0.25) is 15.2 Å². The number of aromatic nitrogens is 2. The molecule has 1 aromatic heterocycles. The minimum Gasteiger partial charge on any atom is -0.380 e. The van der Waals surface area contributed by atoms with E-state index in [-0.39, 0.29) is 31.0 Å². The lowest BCUT2D eigenvalue weighted by molar-refractivity contribution is -0.766. The van der Waals surface area contributed by atoms with Crippen LogP contribution in [0.4, 0.5) is 0 Å². The van der Waals surface area contributed by atoms with E-state index >= 15 is 0 Å². The summed E-state index contributed by atoms with van der Waals surface area (Å²) in [5.41, 5.74) is -0.759. The Kier molecular flexibility index (Phi) is 4.18. The Balaban J connectivity index is 2.37. The number of ketones is 1. The van der Waals surface area contributed by atoms with Gasteiger partial charge >= 0.3 is 0 Å². The summed E-state index contributed by atoms with van der Waals surface area (Å²) in [6, 6.07) is -0.682. The Labute approximate surface area is 129 Å².